The second-order valence-electron chi connectivity index (χ2n) is 20.9. The van der Waals surface area contributed by atoms with Crippen LogP contribution in [0.1, 0.15) is 310 Å². The largest absolute Gasteiger partial charge is 0.462 e. The van der Waals surface area contributed by atoms with Gasteiger partial charge in [-0.05, 0) is 96.3 Å². The van der Waals surface area contributed by atoms with Gasteiger partial charge in [0, 0.05) is 19.3 Å². The van der Waals surface area contributed by atoms with Crippen molar-refractivity contribution in [3.8, 4) is 0 Å². The first-order valence-electron chi connectivity index (χ1n) is 31.6. The van der Waals surface area contributed by atoms with Crippen molar-refractivity contribution in [3.05, 3.63) is 85.1 Å². The maximum Gasteiger partial charge on any atom is 0.306 e. The minimum absolute atomic E-state index is 0.0806. The molecule has 0 aliphatic carbocycles. The predicted octanol–water partition coefficient (Wildman–Crippen LogP) is 21.5. The van der Waals surface area contributed by atoms with E-state index < -0.39 is 6.10 Å². The number of hydrogen-bond acceptors (Lipinski definition) is 6. The smallest absolute Gasteiger partial charge is 0.306 e. The number of carbonyl (C=O) groups excluding carboxylic acids is 3. The Labute approximate surface area is 458 Å². The highest BCUT2D eigenvalue weighted by molar-refractivity contribution is 5.71. The monoisotopic (exact) mass is 1030 g/mol. The first-order chi connectivity index (χ1) is 36.5. The number of allylic oxidation sites excluding steroid dienone is 14. The van der Waals surface area contributed by atoms with Crippen LogP contribution in [0.4, 0.5) is 0 Å². The molecule has 0 N–H and O–H groups in total. The van der Waals surface area contributed by atoms with E-state index >= 15 is 0 Å². The van der Waals surface area contributed by atoms with Crippen molar-refractivity contribution in [2.45, 2.75) is 316 Å². The van der Waals surface area contributed by atoms with Crippen LogP contribution < -0.4 is 0 Å². The van der Waals surface area contributed by atoms with Gasteiger partial charge < -0.3 is 14.2 Å². The minimum atomic E-state index is -0.785. The standard InChI is InChI=1S/C68H118O6/c1-4-7-10-13-16-19-22-25-28-31-32-33-34-35-36-38-40-43-46-49-52-55-58-61-67(70)73-64-65(63-72-66(69)60-57-54-51-48-45-42-39-30-27-24-21-18-15-12-9-6-3)74-68(71)62-59-56-53-50-47-44-41-37-29-26-23-20-17-14-11-8-5-2/h7,10,16-17,19-20,25-26,28-29,32-33,35-36,65H,4-6,8-9,11-15,18,21-24,27,30-31,34,37-64H2,1-3H3/b10-7-,19-16-,20-17-,28-25-,29-26-,33-32-,36-35-. The Bertz CT molecular complexity index is 1420. The highest BCUT2D eigenvalue weighted by Crippen LogP contribution is 2.16. The first-order valence-corrected chi connectivity index (χ1v) is 31.6. The second kappa shape index (κ2) is 62.1. The Balaban J connectivity index is 4.38. The molecule has 6 nitrogen and oxygen atoms in total. The molecule has 0 bridgehead atoms. The number of rotatable bonds is 57. The number of esters is 3. The van der Waals surface area contributed by atoms with Crippen LogP contribution in [0.2, 0.25) is 0 Å². The molecule has 1 atom stereocenters. The molecular weight excluding hydrogens is 913 g/mol. The van der Waals surface area contributed by atoms with Crippen LogP contribution >= 0.6 is 0 Å². The van der Waals surface area contributed by atoms with E-state index in [9.17, 15) is 14.4 Å². The van der Waals surface area contributed by atoms with Crippen molar-refractivity contribution >= 4 is 17.9 Å². The zero-order valence-electron chi connectivity index (χ0n) is 48.8. The van der Waals surface area contributed by atoms with E-state index in [0.717, 1.165) is 109 Å². The van der Waals surface area contributed by atoms with Crippen molar-refractivity contribution in [2.24, 2.45) is 0 Å². The summed E-state index contributed by atoms with van der Waals surface area (Å²) >= 11 is 0. The molecule has 0 saturated heterocycles. The molecule has 426 valence electrons. The third kappa shape index (κ3) is 59.5. The average molecular weight is 1030 g/mol. The summed E-state index contributed by atoms with van der Waals surface area (Å²) in [5, 5.41) is 0. The van der Waals surface area contributed by atoms with Crippen molar-refractivity contribution < 1.29 is 28.6 Å². The minimum Gasteiger partial charge on any atom is -0.462 e. The Morgan fingerprint density at radius 3 is 0.851 bits per heavy atom. The van der Waals surface area contributed by atoms with Crippen molar-refractivity contribution in [2.75, 3.05) is 13.2 Å². The summed E-state index contributed by atoms with van der Waals surface area (Å²) < 4.78 is 16.9. The summed E-state index contributed by atoms with van der Waals surface area (Å²) in [6.07, 6.45) is 81.5. The SMILES string of the molecule is CC/C=C\C/C=C\C/C=C\C/C=C\C/C=C\CCCCCCCCCC(=O)OCC(COC(=O)CCCCCCCCCCCCCCCCCC)OC(=O)CCCCCCCCC/C=C\C/C=C\CCCCC. The van der Waals surface area contributed by atoms with Crippen LogP contribution in [0, 0.1) is 0 Å². The average Bonchev–Trinajstić information content (AvgIpc) is 3.40. The van der Waals surface area contributed by atoms with Gasteiger partial charge in [0.25, 0.3) is 0 Å². The quantitative estimate of drug-likeness (QED) is 0.0261. The lowest BCUT2D eigenvalue weighted by Crippen LogP contribution is -2.30. The lowest BCUT2D eigenvalue weighted by atomic mass is 10.0. The van der Waals surface area contributed by atoms with Gasteiger partial charge in [-0.2, -0.15) is 0 Å². The molecule has 0 amide bonds. The van der Waals surface area contributed by atoms with Gasteiger partial charge in [-0.1, -0.05) is 279 Å². The zero-order valence-corrected chi connectivity index (χ0v) is 48.8. The molecule has 0 heterocycles. The Kier molecular flexibility index (Phi) is 59.3. The van der Waals surface area contributed by atoms with E-state index in [-0.39, 0.29) is 31.1 Å². The molecule has 6 heteroatoms. The molecule has 0 aliphatic rings. The first kappa shape index (κ1) is 70.6. The molecule has 74 heavy (non-hydrogen) atoms. The summed E-state index contributed by atoms with van der Waals surface area (Å²) in [5.74, 6) is -0.887. The Hall–Kier alpha value is -3.41. The number of hydrogen-bond donors (Lipinski definition) is 0. The van der Waals surface area contributed by atoms with Gasteiger partial charge in [-0.25, -0.2) is 0 Å². The molecule has 0 radical (unpaired) electrons. The molecule has 1 unspecified atom stereocenters. The molecule has 0 saturated carbocycles. The molecule has 0 aromatic carbocycles. The number of ether oxygens (including phenoxy) is 3. The zero-order chi connectivity index (χ0) is 53.6. The molecular formula is C68H118O6. The molecule has 0 rings (SSSR count). The number of unbranched alkanes of at least 4 members (excludes halogenated alkanes) is 32. The molecule has 0 aromatic heterocycles. The maximum absolute atomic E-state index is 12.9. The van der Waals surface area contributed by atoms with Gasteiger partial charge in [0.05, 0.1) is 0 Å². The third-order valence-corrected chi connectivity index (χ3v) is 13.6. The van der Waals surface area contributed by atoms with E-state index in [4.69, 9.17) is 14.2 Å². The highest BCUT2D eigenvalue weighted by atomic mass is 16.6. The van der Waals surface area contributed by atoms with Crippen LogP contribution in [0.15, 0.2) is 85.1 Å². The Morgan fingerprint density at radius 1 is 0.284 bits per heavy atom. The van der Waals surface area contributed by atoms with Gasteiger partial charge in [0.15, 0.2) is 6.10 Å². The van der Waals surface area contributed by atoms with Crippen LogP contribution in [-0.2, 0) is 28.6 Å². The van der Waals surface area contributed by atoms with Crippen molar-refractivity contribution in [1.29, 1.82) is 0 Å². The lowest BCUT2D eigenvalue weighted by molar-refractivity contribution is -0.167. The fourth-order valence-electron chi connectivity index (χ4n) is 8.91. The molecule has 0 aliphatic heterocycles. The van der Waals surface area contributed by atoms with Crippen molar-refractivity contribution in [3.63, 3.8) is 0 Å². The summed E-state index contributed by atoms with van der Waals surface area (Å²) in [4.78, 5) is 38.3. The van der Waals surface area contributed by atoms with Crippen LogP contribution in [0.5, 0.6) is 0 Å². The topological polar surface area (TPSA) is 78.9 Å². The Morgan fingerprint density at radius 2 is 0.527 bits per heavy atom. The summed E-state index contributed by atoms with van der Waals surface area (Å²) in [7, 11) is 0. The normalized spacial score (nSPS) is 12.6. The van der Waals surface area contributed by atoms with Gasteiger partial charge in [-0.3, -0.25) is 14.4 Å². The predicted molar refractivity (Wildman–Crippen MR) is 321 cm³/mol. The summed E-state index contributed by atoms with van der Waals surface area (Å²) in [6, 6.07) is 0. The second-order valence-corrected chi connectivity index (χ2v) is 20.9. The molecule has 0 fully saturated rings. The summed E-state index contributed by atoms with van der Waals surface area (Å²) in [5.41, 5.74) is 0. The van der Waals surface area contributed by atoms with Crippen LogP contribution in [0.25, 0.3) is 0 Å². The lowest BCUT2D eigenvalue weighted by Gasteiger charge is -2.18. The summed E-state index contributed by atoms with van der Waals surface area (Å²) in [6.45, 7) is 6.52. The van der Waals surface area contributed by atoms with Gasteiger partial charge in [-0.15, -0.1) is 0 Å². The van der Waals surface area contributed by atoms with Crippen LogP contribution in [-0.4, -0.2) is 37.2 Å². The number of carbonyl (C=O) groups is 3. The van der Waals surface area contributed by atoms with Crippen molar-refractivity contribution in [1.82, 2.24) is 0 Å². The molecule has 0 aromatic rings. The van der Waals surface area contributed by atoms with Gasteiger partial charge in [0.1, 0.15) is 13.2 Å². The fourth-order valence-corrected chi connectivity index (χ4v) is 8.91. The van der Waals surface area contributed by atoms with E-state index in [1.165, 1.54) is 161 Å². The fraction of sp³-hybridized carbons (Fsp3) is 0.750. The maximum atomic E-state index is 12.9. The molecule has 0 spiro atoms. The third-order valence-electron chi connectivity index (χ3n) is 13.6. The van der Waals surface area contributed by atoms with Crippen LogP contribution in [0.3, 0.4) is 0 Å². The van der Waals surface area contributed by atoms with Gasteiger partial charge >= 0.3 is 17.9 Å². The van der Waals surface area contributed by atoms with E-state index in [2.05, 4.69) is 106 Å². The van der Waals surface area contributed by atoms with Gasteiger partial charge in [0.2, 0.25) is 0 Å². The van der Waals surface area contributed by atoms with E-state index in [1.54, 1.807) is 0 Å². The highest BCUT2D eigenvalue weighted by Gasteiger charge is 2.19. The van der Waals surface area contributed by atoms with E-state index in [0.29, 0.717) is 19.3 Å². The van der Waals surface area contributed by atoms with E-state index in [1.807, 2.05) is 0 Å².